The fraction of sp³-hybridized carbons (Fsp3) is 0.176. The van der Waals surface area contributed by atoms with Crippen molar-refractivity contribution in [2.45, 2.75) is 17.7 Å². The lowest BCUT2D eigenvalue weighted by Crippen LogP contribution is -2.12. The summed E-state index contributed by atoms with van der Waals surface area (Å²) >= 11 is 1.32. The quantitative estimate of drug-likeness (QED) is 0.820. The Labute approximate surface area is 133 Å². The molecule has 2 aromatic rings. The first-order valence-electron chi connectivity index (χ1n) is 6.82. The molecular formula is C17H15FN2OS. The van der Waals surface area contributed by atoms with Crippen LogP contribution in [0, 0.1) is 17.1 Å². The Morgan fingerprint density at radius 3 is 2.59 bits per heavy atom. The molecule has 0 saturated heterocycles. The third-order valence-electron chi connectivity index (χ3n) is 2.94. The molecule has 0 radical (unpaired) electrons. The van der Waals surface area contributed by atoms with E-state index in [9.17, 15) is 9.18 Å². The second kappa shape index (κ2) is 8.20. The van der Waals surface area contributed by atoms with Crippen molar-refractivity contribution < 1.29 is 9.18 Å². The number of nitriles is 1. The van der Waals surface area contributed by atoms with Gasteiger partial charge in [0.15, 0.2) is 0 Å². The molecule has 2 rings (SSSR count). The lowest BCUT2D eigenvalue weighted by Gasteiger charge is -2.06. The molecule has 0 aliphatic carbocycles. The Morgan fingerprint density at radius 2 is 1.91 bits per heavy atom. The van der Waals surface area contributed by atoms with Crippen LogP contribution in [-0.2, 0) is 11.2 Å². The van der Waals surface area contributed by atoms with Gasteiger partial charge in [0, 0.05) is 22.8 Å². The molecule has 112 valence electrons. The molecule has 0 aliphatic heterocycles. The van der Waals surface area contributed by atoms with Crippen molar-refractivity contribution in [3.8, 4) is 6.07 Å². The highest BCUT2D eigenvalue weighted by Crippen LogP contribution is 2.22. The Balaban J connectivity index is 1.78. The molecule has 0 bridgehead atoms. The van der Waals surface area contributed by atoms with Gasteiger partial charge in [-0.2, -0.15) is 5.26 Å². The molecular weight excluding hydrogens is 299 g/mol. The number of amides is 1. The van der Waals surface area contributed by atoms with Gasteiger partial charge in [0.1, 0.15) is 5.82 Å². The van der Waals surface area contributed by atoms with Crippen LogP contribution >= 0.6 is 11.8 Å². The summed E-state index contributed by atoms with van der Waals surface area (Å²) in [4.78, 5) is 12.4. The number of carbonyl (C=O) groups excluding carboxylic acids is 1. The summed E-state index contributed by atoms with van der Waals surface area (Å²) in [5, 5.41) is 11.4. The van der Waals surface area contributed by atoms with Crippen molar-refractivity contribution in [1.82, 2.24) is 0 Å². The molecule has 0 saturated carbocycles. The number of halogens is 1. The van der Waals surface area contributed by atoms with E-state index in [1.807, 2.05) is 12.1 Å². The maximum atomic E-state index is 13.4. The van der Waals surface area contributed by atoms with Gasteiger partial charge >= 0.3 is 0 Å². The number of hydrogen-bond donors (Lipinski definition) is 1. The zero-order valence-corrected chi connectivity index (χ0v) is 12.7. The average Bonchev–Trinajstić information content (AvgIpc) is 2.51. The number of thioether (sulfide) groups is 1. The molecule has 2 aromatic carbocycles. The predicted octanol–water partition coefficient (Wildman–Crippen LogP) is 4.01. The monoisotopic (exact) mass is 314 g/mol. The second-order valence-electron chi connectivity index (χ2n) is 4.61. The number of rotatable bonds is 6. The van der Waals surface area contributed by atoms with Gasteiger partial charge in [-0.25, -0.2) is 4.39 Å². The molecule has 0 atom stereocenters. The summed E-state index contributed by atoms with van der Waals surface area (Å²) in [5.74, 6) is 0.136. The van der Waals surface area contributed by atoms with Crippen molar-refractivity contribution in [2.24, 2.45) is 0 Å². The summed E-state index contributed by atoms with van der Waals surface area (Å²) in [6.45, 7) is 0. The lowest BCUT2D eigenvalue weighted by atomic mass is 10.1. The van der Waals surface area contributed by atoms with Crippen LogP contribution in [-0.4, -0.2) is 11.7 Å². The van der Waals surface area contributed by atoms with Crippen LogP contribution in [0.2, 0.25) is 0 Å². The number of nitrogens with one attached hydrogen (secondary N) is 1. The lowest BCUT2D eigenvalue weighted by molar-refractivity contribution is -0.115. The van der Waals surface area contributed by atoms with E-state index >= 15 is 0 Å². The van der Waals surface area contributed by atoms with Crippen LogP contribution in [0.25, 0.3) is 0 Å². The van der Waals surface area contributed by atoms with E-state index < -0.39 is 0 Å². The van der Waals surface area contributed by atoms with Gasteiger partial charge in [-0.3, -0.25) is 4.79 Å². The van der Waals surface area contributed by atoms with Crippen molar-refractivity contribution in [3.05, 3.63) is 59.9 Å². The van der Waals surface area contributed by atoms with Gasteiger partial charge in [-0.05, 0) is 29.8 Å². The maximum absolute atomic E-state index is 13.4. The summed E-state index contributed by atoms with van der Waals surface area (Å²) in [5.41, 5.74) is 1.61. The smallest absolute Gasteiger partial charge is 0.225 e. The van der Waals surface area contributed by atoms with Gasteiger partial charge in [-0.1, -0.05) is 24.3 Å². The van der Waals surface area contributed by atoms with E-state index in [-0.39, 0.29) is 11.7 Å². The minimum atomic E-state index is -0.263. The van der Waals surface area contributed by atoms with Crippen LogP contribution < -0.4 is 5.32 Å². The van der Waals surface area contributed by atoms with E-state index in [1.165, 1.54) is 17.8 Å². The molecule has 5 heteroatoms. The minimum absolute atomic E-state index is 0.114. The Bertz CT molecular complexity index is 680. The van der Waals surface area contributed by atoms with Gasteiger partial charge < -0.3 is 5.32 Å². The SMILES string of the molecule is N#CCc1ccc(NC(=O)CCSc2ccccc2F)cc1. The topological polar surface area (TPSA) is 52.9 Å². The van der Waals surface area contributed by atoms with Crippen LogP contribution in [0.3, 0.4) is 0 Å². The Hall–Kier alpha value is -2.32. The number of carbonyl (C=O) groups is 1. The van der Waals surface area contributed by atoms with Gasteiger partial charge in [-0.15, -0.1) is 11.8 Å². The highest BCUT2D eigenvalue weighted by atomic mass is 32.2. The molecule has 0 aromatic heterocycles. The molecule has 3 nitrogen and oxygen atoms in total. The normalized spacial score (nSPS) is 10.0. The molecule has 1 amide bonds. The van der Waals surface area contributed by atoms with Crippen LogP contribution in [0.1, 0.15) is 12.0 Å². The molecule has 0 aliphatic rings. The Morgan fingerprint density at radius 1 is 1.18 bits per heavy atom. The summed E-state index contributed by atoms with van der Waals surface area (Å²) in [7, 11) is 0. The van der Waals surface area contributed by atoms with Crippen LogP contribution in [0.15, 0.2) is 53.4 Å². The standard InChI is InChI=1S/C17H15FN2OS/c18-15-3-1-2-4-16(15)22-12-10-17(21)20-14-7-5-13(6-8-14)9-11-19/h1-8H,9-10,12H2,(H,20,21). The molecule has 22 heavy (non-hydrogen) atoms. The molecule has 1 N–H and O–H groups in total. The number of benzene rings is 2. The van der Waals surface area contributed by atoms with Crippen molar-refractivity contribution in [3.63, 3.8) is 0 Å². The number of hydrogen-bond acceptors (Lipinski definition) is 3. The largest absolute Gasteiger partial charge is 0.326 e. The van der Waals surface area contributed by atoms with E-state index in [1.54, 1.807) is 30.3 Å². The highest BCUT2D eigenvalue weighted by molar-refractivity contribution is 7.99. The summed E-state index contributed by atoms with van der Waals surface area (Å²) in [6, 6.07) is 15.8. The van der Waals surface area contributed by atoms with Gasteiger partial charge in [0.2, 0.25) is 5.91 Å². The maximum Gasteiger partial charge on any atom is 0.225 e. The van der Waals surface area contributed by atoms with Crippen molar-refractivity contribution in [2.75, 3.05) is 11.1 Å². The third-order valence-corrected chi connectivity index (χ3v) is 3.99. The van der Waals surface area contributed by atoms with Crippen molar-refractivity contribution in [1.29, 1.82) is 5.26 Å². The molecule has 0 spiro atoms. The molecule has 0 fully saturated rings. The fourth-order valence-corrected chi connectivity index (χ4v) is 2.72. The van der Waals surface area contributed by atoms with Gasteiger partial charge in [0.25, 0.3) is 0 Å². The molecule has 0 unspecified atom stereocenters. The van der Waals surface area contributed by atoms with Crippen molar-refractivity contribution >= 4 is 23.4 Å². The van der Waals surface area contributed by atoms with Crippen LogP contribution in [0.4, 0.5) is 10.1 Å². The predicted molar refractivity (Wildman–Crippen MR) is 86.1 cm³/mol. The van der Waals surface area contributed by atoms with E-state index in [2.05, 4.69) is 11.4 Å². The summed E-state index contributed by atoms with van der Waals surface area (Å²) in [6.07, 6.45) is 0.659. The number of anilines is 1. The average molecular weight is 314 g/mol. The summed E-state index contributed by atoms with van der Waals surface area (Å²) < 4.78 is 13.4. The third kappa shape index (κ3) is 4.90. The van der Waals surface area contributed by atoms with E-state index in [0.717, 1.165) is 5.56 Å². The first-order valence-corrected chi connectivity index (χ1v) is 7.80. The fourth-order valence-electron chi connectivity index (χ4n) is 1.84. The molecule has 0 heterocycles. The zero-order chi connectivity index (χ0) is 15.8. The first-order chi connectivity index (χ1) is 10.7. The van der Waals surface area contributed by atoms with E-state index in [4.69, 9.17) is 5.26 Å². The second-order valence-corrected chi connectivity index (χ2v) is 5.75. The minimum Gasteiger partial charge on any atom is -0.326 e. The van der Waals surface area contributed by atoms with E-state index in [0.29, 0.717) is 29.2 Å². The Kier molecular flexibility index (Phi) is 5.99. The zero-order valence-electron chi connectivity index (χ0n) is 11.9. The van der Waals surface area contributed by atoms with Crippen LogP contribution in [0.5, 0.6) is 0 Å². The number of nitrogens with zero attached hydrogens (tertiary/aromatic N) is 1. The van der Waals surface area contributed by atoms with Gasteiger partial charge in [0.05, 0.1) is 12.5 Å². The first kappa shape index (κ1) is 16.1. The highest BCUT2D eigenvalue weighted by Gasteiger charge is 2.05.